The third-order valence-corrected chi connectivity index (χ3v) is 8.89. The van der Waals surface area contributed by atoms with Crippen LogP contribution in [0.4, 0.5) is 10.1 Å². The van der Waals surface area contributed by atoms with Gasteiger partial charge in [0.1, 0.15) is 5.82 Å². The predicted molar refractivity (Wildman–Crippen MR) is 164 cm³/mol. The van der Waals surface area contributed by atoms with Crippen molar-refractivity contribution in [1.29, 1.82) is 0 Å². The molecule has 42 heavy (non-hydrogen) atoms. The van der Waals surface area contributed by atoms with Crippen LogP contribution in [-0.2, 0) is 21.2 Å². The van der Waals surface area contributed by atoms with E-state index in [1.165, 1.54) is 40.7 Å². The predicted octanol–water partition coefficient (Wildman–Crippen LogP) is 4.97. The summed E-state index contributed by atoms with van der Waals surface area (Å²) in [7, 11) is -3.77. The van der Waals surface area contributed by atoms with Crippen molar-refractivity contribution in [3.8, 4) is 0 Å². The van der Waals surface area contributed by atoms with Crippen LogP contribution in [0.25, 0.3) is 0 Å². The Kier molecular flexibility index (Phi) is 12.2. The summed E-state index contributed by atoms with van der Waals surface area (Å²) in [4.78, 5) is 26.3. The molecule has 3 rings (SSSR count). The molecule has 226 valence electrons. The third kappa shape index (κ3) is 9.20. The number of amides is 2. The van der Waals surface area contributed by atoms with E-state index in [1.54, 1.807) is 19.1 Å². The van der Waals surface area contributed by atoms with Gasteiger partial charge in [0.05, 0.1) is 4.90 Å². The molecule has 0 unspecified atom stereocenters. The van der Waals surface area contributed by atoms with Crippen LogP contribution >= 0.6 is 0 Å². The molecule has 0 aliphatic rings. The van der Waals surface area contributed by atoms with E-state index in [-0.39, 0.29) is 22.8 Å². The van der Waals surface area contributed by atoms with Crippen molar-refractivity contribution < 1.29 is 22.4 Å². The molecule has 0 saturated carbocycles. The molecular formula is C32H41FN4O4S. The fraction of sp³-hybridized carbons (Fsp3) is 0.375. The lowest BCUT2D eigenvalue weighted by atomic mass is 9.92. The molecule has 4 N–H and O–H groups in total. The van der Waals surface area contributed by atoms with Gasteiger partial charge in [-0.2, -0.15) is 4.31 Å². The van der Waals surface area contributed by atoms with Gasteiger partial charge < -0.3 is 16.4 Å². The van der Waals surface area contributed by atoms with Gasteiger partial charge in [0.25, 0.3) is 5.91 Å². The summed E-state index contributed by atoms with van der Waals surface area (Å²) in [6.07, 6.45) is 2.04. The number of nitrogens with two attached hydrogens (primary N) is 1. The quantitative estimate of drug-likeness (QED) is 0.229. The Bertz CT molecular complexity index is 1410. The summed E-state index contributed by atoms with van der Waals surface area (Å²) in [5, 5.41) is 5.76. The van der Waals surface area contributed by atoms with Crippen molar-refractivity contribution in [3.63, 3.8) is 0 Å². The molecule has 0 spiro atoms. The van der Waals surface area contributed by atoms with Gasteiger partial charge in [0.15, 0.2) is 0 Å². The van der Waals surface area contributed by atoms with Crippen molar-refractivity contribution >= 4 is 27.5 Å². The first-order valence-corrected chi connectivity index (χ1v) is 15.8. The molecule has 3 aromatic rings. The number of benzene rings is 3. The monoisotopic (exact) mass is 596 g/mol. The summed E-state index contributed by atoms with van der Waals surface area (Å²) in [6.45, 7) is 6.38. The van der Waals surface area contributed by atoms with E-state index >= 15 is 0 Å². The van der Waals surface area contributed by atoms with Gasteiger partial charge in [-0.3, -0.25) is 9.59 Å². The van der Waals surface area contributed by atoms with Gasteiger partial charge >= 0.3 is 0 Å². The second kappa shape index (κ2) is 15.6. The average Bonchev–Trinajstić information content (AvgIpc) is 2.98. The fourth-order valence-corrected chi connectivity index (χ4v) is 6.38. The highest BCUT2D eigenvalue weighted by Crippen LogP contribution is 2.20. The Hall–Kier alpha value is -3.60. The minimum Gasteiger partial charge on any atom is -0.347 e. The van der Waals surface area contributed by atoms with Crippen LogP contribution in [0.1, 0.15) is 56.0 Å². The standard InChI is InChI=1S/C32H41FN4O4S/c1-4-18-37(19-5-2)42(40,41)28-13-9-12-25(22-28)32(39)36-30(21-24-10-7-6-8-11-24)29(34)20-23(3)31(38)35-27-16-14-26(33)15-17-27/h6-17,22-23,29-30H,4-5,18-21,34H2,1-3H3,(H,35,38)(H,36,39)/t23-,29+,30+/m1/s1. The fourth-order valence-electron chi connectivity index (χ4n) is 4.71. The maximum Gasteiger partial charge on any atom is 0.251 e. The largest absolute Gasteiger partial charge is 0.347 e. The zero-order valence-corrected chi connectivity index (χ0v) is 25.2. The number of hydrogen-bond acceptors (Lipinski definition) is 5. The SMILES string of the molecule is CCCN(CCC)S(=O)(=O)c1cccc(C(=O)N[C@@H](Cc2ccccc2)[C@@H](N)C[C@@H](C)C(=O)Nc2ccc(F)cc2)c1. The third-order valence-electron chi connectivity index (χ3n) is 7.00. The van der Waals surface area contributed by atoms with E-state index in [0.717, 1.165) is 5.56 Å². The maximum absolute atomic E-state index is 13.5. The van der Waals surface area contributed by atoms with Crippen molar-refractivity contribution in [3.05, 3.63) is 95.8 Å². The summed E-state index contributed by atoms with van der Waals surface area (Å²) in [5.41, 5.74) is 8.23. The smallest absolute Gasteiger partial charge is 0.251 e. The maximum atomic E-state index is 13.5. The van der Waals surface area contributed by atoms with E-state index in [9.17, 15) is 22.4 Å². The number of halogens is 1. The Labute approximate surface area is 248 Å². The lowest BCUT2D eigenvalue weighted by Gasteiger charge is -2.27. The minimum atomic E-state index is -3.77. The molecule has 10 heteroatoms. The Morgan fingerprint density at radius 3 is 2.19 bits per heavy atom. The molecule has 0 radical (unpaired) electrons. The first-order chi connectivity index (χ1) is 20.0. The number of anilines is 1. The zero-order valence-electron chi connectivity index (χ0n) is 24.4. The molecule has 0 saturated heterocycles. The number of nitrogens with zero attached hydrogens (tertiary/aromatic N) is 1. The molecule has 0 aliphatic carbocycles. The average molecular weight is 597 g/mol. The zero-order chi connectivity index (χ0) is 30.7. The first-order valence-electron chi connectivity index (χ1n) is 14.3. The van der Waals surface area contributed by atoms with Crippen LogP contribution in [0.3, 0.4) is 0 Å². The molecule has 0 fully saturated rings. The summed E-state index contributed by atoms with van der Waals surface area (Å²) in [5.74, 6) is -1.63. The van der Waals surface area contributed by atoms with Crippen LogP contribution in [-0.4, -0.2) is 49.7 Å². The van der Waals surface area contributed by atoms with Gasteiger partial charge in [-0.15, -0.1) is 0 Å². The second-order valence-corrected chi connectivity index (χ2v) is 12.4. The number of carbonyl (C=O) groups excluding carboxylic acids is 2. The van der Waals surface area contributed by atoms with Gasteiger partial charge in [0.2, 0.25) is 15.9 Å². The van der Waals surface area contributed by atoms with Crippen LogP contribution in [0.2, 0.25) is 0 Å². The summed E-state index contributed by atoms with van der Waals surface area (Å²) >= 11 is 0. The molecule has 8 nitrogen and oxygen atoms in total. The first kappa shape index (κ1) is 32.9. The molecule has 3 aromatic carbocycles. The highest BCUT2D eigenvalue weighted by molar-refractivity contribution is 7.89. The van der Waals surface area contributed by atoms with E-state index in [1.807, 2.05) is 44.2 Å². The number of hydrogen-bond donors (Lipinski definition) is 3. The molecule has 3 atom stereocenters. The topological polar surface area (TPSA) is 122 Å². The number of carbonyl (C=O) groups is 2. The van der Waals surface area contributed by atoms with E-state index in [2.05, 4.69) is 10.6 Å². The molecule has 0 aliphatic heterocycles. The lowest BCUT2D eigenvalue weighted by Crippen LogP contribution is -2.50. The normalized spacial score (nSPS) is 13.8. The molecule has 0 heterocycles. The van der Waals surface area contributed by atoms with Gasteiger partial charge in [-0.1, -0.05) is 57.2 Å². The number of sulfonamides is 1. The van der Waals surface area contributed by atoms with E-state index < -0.39 is 39.7 Å². The van der Waals surface area contributed by atoms with E-state index in [4.69, 9.17) is 5.73 Å². The number of nitrogens with one attached hydrogen (secondary N) is 2. The van der Waals surface area contributed by atoms with Gasteiger partial charge in [-0.25, -0.2) is 12.8 Å². The minimum absolute atomic E-state index is 0.0621. The molecule has 0 bridgehead atoms. The van der Waals surface area contributed by atoms with Gasteiger partial charge in [-0.05, 0) is 73.7 Å². The Morgan fingerprint density at radius 1 is 0.929 bits per heavy atom. The van der Waals surface area contributed by atoms with Crippen LogP contribution in [0.5, 0.6) is 0 Å². The van der Waals surface area contributed by atoms with Gasteiger partial charge in [0, 0.05) is 42.3 Å². The van der Waals surface area contributed by atoms with Crippen LogP contribution in [0.15, 0.2) is 83.8 Å². The summed E-state index contributed by atoms with van der Waals surface area (Å²) in [6, 6.07) is 19.9. The van der Waals surface area contributed by atoms with Crippen molar-refractivity contribution in [1.82, 2.24) is 9.62 Å². The van der Waals surface area contributed by atoms with E-state index in [0.29, 0.717) is 38.0 Å². The molecule has 2 amide bonds. The number of rotatable bonds is 15. The molecule has 0 aromatic heterocycles. The highest BCUT2D eigenvalue weighted by Gasteiger charge is 2.27. The highest BCUT2D eigenvalue weighted by atomic mass is 32.2. The Morgan fingerprint density at radius 2 is 1.57 bits per heavy atom. The van der Waals surface area contributed by atoms with Crippen molar-refractivity contribution in [2.75, 3.05) is 18.4 Å². The Balaban J connectivity index is 1.78. The van der Waals surface area contributed by atoms with Crippen LogP contribution in [0, 0.1) is 11.7 Å². The lowest BCUT2D eigenvalue weighted by molar-refractivity contribution is -0.119. The summed E-state index contributed by atoms with van der Waals surface area (Å²) < 4.78 is 41.3. The second-order valence-electron chi connectivity index (χ2n) is 10.5. The van der Waals surface area contributed by atoms with Crippen LogP contribution < -0.4 is 16.4 Å². The van der Waals surface area contributed by atoms with Crippen molar-refractivity contribution in [2.24, 2.45) is 11.7 Å². The van der Waals surface area contributed by atoms with Crippen molar-refractivity contribution in [2.45, 2.75) is 63.4 Å². The molecular weight excluding hydrogens is 555 g/mol.